The number of benzene rings is 1. The molecular formula is C15H17N3O4S. The highest BCUT2D eigenvalue weighted by Gasteiger charge is 2.42. The van der Waals surface area contributed by atoms with E-state index in [1.807, 2.05) is 30.3 Å². The molecule has 7 nitrogen and oxygen atoms in total. The fourth-order valence-corrected chi connectivity index (χ4v) is 4.48. The first-order chi connectivity index (χ1) is 11.1. The summed E-state index contributed by atoms with van der Waals surface area (Å²) in [5, 5.41) is 3.74. The molecule has 0 unspecified atom stereocenters. The van der Waals surface area contributed by atoms with Crippen molar-refractivity contribution in [3.63, 3.8) is 0 Å². The highest BCUT2D eigenvalue weighted by molar-refractivity contribution is 7.90. The highest BCUT2D eigenvalue weighted by atomic mass is 32.2. The molecule has 1 aromatic carbocycles. The van der Waals surface area contributed by atoms with Gasteiger partial charge in [0.1, 0.15) is 6.10 Å². The summed E-state index contributed by atoms with van der Waals surface area (Å²) < 4.78 is 37.1. The summed E-state index contributed by atoms with van der Waals surface area (Å²) in [6, 6.07) is 9.44. The minimum atomic E-state index is -3.21. The van der Waals surface area contributed by atoms with E-state index in [4.69, 9.17) is 9.26 Å². The monoisotopic (exact) mass is 335 g/mol. The molecule has 122 valence electrons. The van der Waals surface area contributed by atoms with Crippen LogP contribution in [0.2, 0.25) is 0 Å². The van der Waals surface area contributed by atoms with Crippen molar-refractivity contribution in [2.24, 2.45) is 0 Å². The van der Waals surface area contributed by atoms with Gasteiger partial charge in [-0.15, -0.1) is 0 Å². The van der Waals surface area contributed by atoms with Crippen LogP contribution in [0, 0.1) is 0 Å². The molecule has 4 rings (SSSR count). The Morgan fingerprint density at radius 1 is 1.17 bits per heavy atom. The van der Waals surface area contributed by atoms with Crippen LogP contribution in [0.3, 0.4) is 0 Å². The van der Waals surface area contributed by atoms with Crippen LogP contribution in [0.15, 0.2) is 34.9 Å². The van der Waals surface area contributed by atoms with Gasteiger partial charge >= 0.3 is 0 Å². The van der Waals surface area contributed by atoms with Crippen molar-refractivity contribution < 1.29 is 17.7 Å². The number of sulfonamides is 1. The van der Waals surface area contributed by atoms with E-state index in [0.717, 1.165) is 18.4 Å². The Labute approximate surface area is 134 Å². The van der Waals surface area contributed by atoms with Crippen LogP contribution in [-0.4, -0.2) is 47.8 Å². The molecule has 1 aliphatic carbocycles. The van der Waals surface area contributed by atoms with E-state index >= 15 is 0 Å². The molecule has 2 aromatic rings. The van der Waals surface area contributed by atoms with E-state index in [2.05, 4.69) is 10.1 Å². The lowest BCUT2D eigenvalue weighted by Crippen LogP contribution is -2.43. The molecule has 1 atom stereocenters. The highest BCUT2D eigenvalue weighted by Crippen LogP contribution is 2.33. The maximum absolute atomic E-state index is 12.4. The van der Waals surface area contributed by atoms with E-state index < -0.39 is 16.1 Å². The summed E-state index contributed by atoms with van der Waals surface area (Å²) in [5.41, 5.74) is 0.824. The first-order valence-electron chi connectivity index (χ1n) is 7.64. The lowest BCUT2D eigenvalue weighted by Gasteiger charge is -2.30. The molecule has 0 radical (unpaired) electrons. The molecular weight excluding hydrogens is 318 g/mol. The number of morpholine rings is 1. The minimum absolute atomic E-state index is 0.216. The molecule has 2 aliphatic rings. The lowest BCUT2D eigenvalue weighted by atomic mass is 10.2. The van der Waals surface area contributed by atoms with Gasteiger partial charge in [0, 0.05) is 18.7 Å². The van der Waals surface area contributed by atoms with E-state index in [0.29, 0.717) is 24.9 Å². The number of aromatic nitrogens is 2. The third kappa shape index (κ3) is 2.89. The van der Waals surface area contributed by atoms with Gasteiger partial charge in [-0.3, -0.25) is 0 Å². The molecule has 1 aromatic heterocycles. The quantitative estimate of drug-likeness (QED) is 0.844. The second-order valence-electron chi connectivity index (χ2n) is 5.79. The third-order valence-electron chi connectivity index (χ3n) is 4.09. The van der Waals surface area contributed by atoms with Crippen molar-refractivity contribution in [2.75, 3.05) is 19.7 Å². The van der Waals surface area contributed by atoms with Gasteiger partial charge < -0.3 is 9.26 Å². The predicted molar refractivity (Wildman–Crippen MR) is 81.9 cm³/mol. The third-order valence-corrected chi connectivity index (χ3v) is 6.45. The van der Waals surface area contributed by atoms with Crippen LogP contribution in [0.25, 0.3) is 11.5 Å². The van der Waals surface area contributed by atoms with E-state index in [9.17, 15) is 8.42 Å². The number of hydrogen-bond donors (Lipinski definition) is 0. The molecule has 1 saturated heterocycles. The summed E-state index contributed by atoms with van der Waals surface area (Å²) in [7, 11) is -3.21. The SMILES string of the molecule is O=S(=O)(C1CC1)N1CCO[C@@H](c2noc(-c3ccccc3)n2)C1. The minimum Gasteiger partial charge on any atom is -0.367 e. The smallest absolute Gasteiger partial charge is 0.258 e. The number of nitrogens with zero attached hydrogens (tertiary/aromatic N) is 3. The Hall–Kier alpha value is -1.77. The molecule has 0 spiro atoms. The molecule has 0 N–H and O–H groups in total. The van der Waals surface area contributed by atoms with E-state index in [-0.39, 0.29) is 11.8 Å². The van der Waals surface area contributed by atoms with Gasteiger partial charge in [0.15, 0.2) is 0 Å². The van der Waals surface area contributed by atoms with Crippen LogP contribution < -0.4 is 0 Å². The fourth-order valence-electron chi connectivity index (χ4n) is 2.65. The van der Waals surface area contributed by atoms with Crippen molar-refractivity contribution in [1.82, 2.24) is 14.4 Å². The topological polar surface area (TPSA) is 85.5 Å². The standard InChI is InChI=1S/C15H17N3O4S/c19-23(20,12-6-7-12)18-8-9-21-13(10-18)14-16-15(22-17-14)11-4-2-1-3-5-11/h1-5,12-13H,6-10H2/t13-/m1/s1. The molecule has 23 heavy (non-hydrogen) atoms. The molecule has 8 heteroatoms. The van der Waals surface area contributed by atoms with E-state index in [1.165, 1.54) is 4.31 Å². The van der Waals surface area contributed by atoms with Gasteiger partial charge in [0.2, 0.25) is 15.8 Å². The van der Waals surface area contributed by atoms with Crippen LogP contribution >= 0.6 is 0 Å². The van der Waals surface area contributed by atoms with Crippen molar-refractivity contribution in [1.29, 1.82) is 0 Å². The summed E-state index contributed by atoms with van der Waals surface area (Å²) >= 11 is 0. The number of rotatable bonds is 4. The maximum atomic E-state index is 12.4. The zero-order chi connectivity index (χ0) is 15.9. The van der Waals surface area contributed by atoms with Crippen molar-refractivity contribution >= 4 is 10.0 Å². The number of ether oxygens (including phenoxy) is 1. The summed E-state index contributed by atoms with van der Waals surface area (Å²) in [5.74, 6) is 0.797. The zero-order valence-electron chi connectivity index (χ0n) is 12.5. The van der Waals surface area contributed by atoms with Gasteiger partial charge in [-0.05, 0) is 25.0 Å². The predicted octanol–water partition coefficient (Wildman–Crippen LogP) is 1.60. The summed E-state index contributed by atoms with van der Waals surface area (Å²) in [6.07, 6.45) is 1.02. The van der Waals surface area contributed by atoms with Gasteiger partial charge in [-0.1, -0.05) is 23.4 Å². The van der Waals surface area contributed by atoms with Gasteiger partial charge in [0.25, 0.3) is 5.89 Å². The second kappa shape index (κ2) is 5.70. The Kier molecular flexibility index (Phi) is 3.67. The fraction of sp³-hybridized carbons (Fsp3) is 0.467. The summed E-state index contributed by atoms with van der Waals surface area (Å²) in [6.45, 7) is 0.969. The first kappa shape index (κ1) is 14.8. The Morgan fingerprint density at radius 3 is 2.70 bits per heavy atom. The molecule has 2 fully saturated rings. The van der Waals surface area contributed by atoms with Crippen molar-refractivity contribution in [3.05, 3.63) is 36.2 Å². The van der Waals surface area contributed by atoms with Crippen LogP contribution in [0.1, 0.15) is 24.8 Å². The lowest BCUT2D eigenvalue weighted by molar-refractivity contribution is -0.00863. The second-order valence-corrected chi connectivity index (χ2v) is 8.00. The van der Waals surface area contributed by atoms with E-state index in [1.54, 1.807) is 0 Å². The molecule has 1 saturated carbocycles. The number of hydrogen-bond acceptors (Lipinski definition) is 6. The van der Waals surface area contributed by atoms with Gasteiger partial charge in [0.05, 0.1) is 11.9 Å². The van der Waals surface area contributed by atoms with Crippen molar-refractivity contribution in [2.45, 2.75) is 24.2 Å². The summed E-state index contributed by atoms with van der Waals surface area (Å²) in [4.78, 5) is 4.36. The Bertz CT molecular complexity index is 786. The molecule has 0 amide bonds. The van der Waals surface area contributed by atoms with Crippen molar-refractivity contribution in [3.8, 4) is 11.5 Å². The van der Waals surface area contributed by atoms with Crippen LogP contribution in [0.4, 0.5) is 0 Å². The molecule has 2 heterocycles. The molecule has 1 aliphatic heterocycles. The van der Waals surface area contributed by atoms with Gasteiger partial charge in [-0.25, -0.2) is 8.42 Å². The zero-order valence-corrected chi connectivity index (χ0v) is 13.3. The Balaban J connectivity index is 1.53. The van der Waals surface area contributed by atoms with Crippen LogP contribution in [-0.2, 0) is 14.8 Å². The largest absolute Gasteiger partial charge is 0.367 e. The molecule has 0 bridgehead atoms. The average molecular weight is 335 g/mol. The average Bonchev–Trinajstić information content (AvgIpc) is 3.34. The van der Waals surface area contributed by atoms with Gasteiger partial charge in [-0.2, -0.15) is 9.29 Å². The van der Waals surface area contributed by atoms with Crippen LogP contribution in [0.5, 0.6) is 0 Å². The maximum Gasteiger partial charge on any atom is 0.258 e. The first-order valence-corrected chi connectivity index (χ1v) is 9.14. The normalized spacial score (nSPS) is 23.0. The Morgan fingerprint density at radius 2 is 1.96 bits per heavy atom.